The SMILES string of the molecule is O=C1OC(CCc2ccccc2)C(=O)C(O)=C1C(C1CC1)C1CC1. The summed E-state index contributed by atoms with van der Waals surface area (Å²) in [4.78, 5) is 25.0. The molecule has 4 heteroatoms. The Labute approximate surface area is 141 Å². The molecule has 2 aliphatic carbocycles. The van der Waals surface area contributed by atoms with Crippen LogP contribution in [0.15, 0.2) is 41.7 Å². The molecule has 4 rings (SSSR count). The van der Waals surface area contributed by atoms with Gasteiger partial charge in [-0.05, 0) is 55.9 Å². The summed E-state index contributed by atoms with van der Waals surface area (Å²) in [6.07, 6.45) is 4.51. The van der Waals surface area contributed by atoms with Crippen molar-refractivity contribution in [2.45, 2.75) is 44.6 Å². The van der Waals surface area contributed by atoms with Crippen LogP contribution in [0.25, 0.3) is 0 Å². The first-order valence-corrected chi connectivity index (χ1v) is 8.87. The van der Waals surface area contributed by atoms with Gasteiger partial charge in [0.2, 0.25) is 5.78 Å². The lowest BCUT2D eigenvalue weighted by atomic mass is 9.85. The summed E-state index contributed by atoms with van der Waals surface area (Å²) in [7, 11) is 0. The van der Waals surface area contributed by atoms with E-state index in [0.29, 0.717) is 24.7 Å². The molecular weight excluding hydrogens is 304 g/mol. The monoisotopic (exact) mass is 326 g/mol. The second-order valence-corrected chi connectivity index (χ2v) is 7.25. The molecule has 1 aromatic carbocycles. The molecule has 1 aromatic rings. The molecule has 4 nitrogen and oxygen atoms in total. The molecule has 0 spiro atoms. The molecule has 2 fully saturated rings. The van der Waals surface area contributed by atoms with Crippen LogP contribution in [0.2, 0.25) is 0 Å². The van der Waals surface area contributed by atoms with Gasteiger partial charge in [-0.3, -0.25) is 4.79 Å². The standard InChI is InChI=1S/C20H22O4/c21-18-15(11-6-12-4-2-1-3-5-12)24-20(23)17(19(18)22)16(13-7-8-13)14-9-10-14/h1-5,13-16,22H,6-11H2. The van der Waals surface area contributed by atoms with Gasteiger partial charge in [-0.15, -0.1) is 0 Å². The first-order chi connectivity index (χ1) is 11.6. The molecule has 126 valence electrons. The average molecular weight is 326 g/mol. The number of aryl methyl sites for hydroxylation is 1. The average Bonchev–Trinajstić information content (AvgIpc) is 3.47. The molecule has 1 heterocycles. The van der Waals surface area contributed by atoms with Crippen molar-refractivity contribution in [1.29, 1.82) is 0 Å². The highest BCUT2D eigenvalue weighted by atomic mass is 16.6. The highest BCUT2D eigenvalue weighted by Gasteiger charge is 2.50. The molecule has 0 radical (unpaired) electrons. The van der Waals surface area contributed by atoms with E-state index in [1.165, 1.54) is 0 Å². The third-order valence-corrected chi connectivity index (χ3v) is 5.38. The van der Waals surface area contributed by atoms with Crippen LogP contribution in [0.3, 0.4) is 0 Å². The molecule has 0 amide bonds. The van der Waals surface area contributed by atoms with Gasteiger partial charge in [-0.1, -0.05) is 30.3 Å². The van der Waals surface area contributed by atoms with Crippen LogP contribution < -0.4 is 0 Å². The van der Waals surface area contributed by atoms with E-state index in [1.807, 2.05) is 30.3 Å². The summed E-state index contributed by atoms with van der Waals surface area (Å²) >= 11 is 0. The number of carbonyl (C=O) groups is 2. The van der Waals surface area contributed by atoms with E-state index in [2.05, 4.69) is 0 Å². The lowest BCUT2D eigenvalue weighted by molar-refractivity contribution is -0.155. The number of aliphatic hydroxyl groups is 1. The molecule has 3 aliphatic rings. The Morgan fingerprint density at radius 3 is 2.25 bits per heavy atom. The molecule has 1 N–H and O–H groups in total. The lowest BCUT2D eigenvalue weighted by Gasteiger charge is -2.27. The molecule has 2 saturated carbocycles. The maximum atomic E-state index is 12.5. The molecule has 1 atom stereocenters. The number of rotatable bonds is 6. The summed E-state index contributed by atoms with van der Waals surface area (Å²) in [5, 5.41) is 10.4. The van der Waals surface area contributed by atoms with Crippen LogP contribution >= 0.6 is 0 Å². The van der Waals surface area contributed by atoms with Crippen molar-refractivity contribution in [3.8, 4) is 0 Å². The van der Waals surface area contributed by atoms with Gasteiger partial charge in [0.1, 0.15) is 0 Å². The zero-order chi connectivity index (χ0) is 16.7. The van der Waals surface area contributed by atoms with Crippen molar-refractivity contribution in [2.24, 2.45) is 17.8 Å². The van der Waals surface area contributed by atoms with E-state index >= 15 is 0 Å². The Morgan fingerprint density at radius 2 is 1.67 bits per heavy atom. The topological polar surface area (TPSA) is 63.6 Å². The lowest BCUT2D eigenvalue weighted by Crippen LogP contribution is -2.38. The predicted molar refractivity (Wildman–Crippen MR) is 88.2 cm³/mol. The number of esters is 1. The fourth-order valence-electron chi connectivity index (χ4n) is 3.82. The van der Waals surface area contributed by atoms with Crippen molar-refractivity contribution in [2.75, 3.05) is 0 Å². The Bertz CT molecular complexity index is 671. The molecule has 24 heavy (non-hydrogen) atoms. The van der Waals surface area contributed by atoms with Gasteiger partial charge >= 0.3 is 5.97 Å². The Balaban J connectivity index is 1.50. The summed E-state index contributed by atoms with van der Waals surface area (Å²) in [6, 6.07) is 9.77. The minimum absolute atomic E-state index is 0.0246. The van der Waals surface area contributed by atoms with Crippen LogP contribution in [0.5, 0.6) is 0 Å². The maximum absolute atomic E-state index is 12.5. The fourth-order valence-corrected chi connectivity index (χ4v) is 3.82. The first kappa shape index (κ1) is 15.4. The van der Waals surface area contributed by atoms with E-state index in [0.717, 1.165) is 31.2 Å². The maximum Gasteiger partial charge on any atom is 0.338 e. The van der Waals surface area contributed by atoms with Crippen LogP contribution in [0, 0.1) is 17.8 Å². The predicted octanol–water partition coefficient (Wildman–Crippen LogP) is 3.36. The third-order valence-electron chi connectivity index (χ3n) is 5.38. The Morgan fingerprint density at radius 1 is 1.04 bits per heavy atom. The van der Waals surface area contributed by atoms with Crippen LogP contribution in [-0.4, -0.2) is 23.0 Å². The number of aliphatic hydroxyl groups excluding tert-OH is 1. The molecule has 1 unspecified atom stereocenters. The number of hydrogen-bond donors (Lipinski definition) is 1. The van der Waals surface area contributed by atoms with Crippen molar-refractivity contribution < 1.29 is 19.4 Å². The third kappa shape index (κ3) is 2.97. The second-order valence-electron chi connectivity index (χ2n) is 7.25. The van der Waals surface area contributed by atoms with Gasteiger partial charge in [0.25, 0.3) is 0 Å². The molecule has 0 saturated heterocycles. The number of cyclic esters (lactones) is 1. The van der Waals surface area contributed by atoms with E-state index in [1.54, 1.807) is 0 Å². The molecule has 0 bridgehead atoms. The molecular formula is C20H22O4. The Hall–Kier alpha value is -2.10. The second kappa shape index (κ2) is 6.08. The van der Waals surface area contributed by atoms with Gasteiger partial charge in [0.05, 0.1) is 5.57 Å². The van der Waals surface area contributed by atoms with E-state index in [4.69, 9.17) is 4.74 Å². The summed E-state index contributed by atoms with van der Waals surface area (Å²) < 4.78 is 5.43. The van der Waals surface area contributed by atoms with Gasteiger partial charge in [-0.2, -0.15) is 0 Å². The van der Waals surface area contributed by atoms with E-state index in [9.17, 15) is 14.7 Å². The number of carbonyl (C=O) groups excluding carboxylic acids is 2. The number of hydrogen-bond acceptors (Lipinski definition) is 4. The largest absolute Gasteiger partial charge is 0.504 e. The zero-order valence-corrected chi connectivity index (χ0v) is 13.6. The van der Waals surface area contributed by atoms with Gasteiger partial charge < -0.3 is 9.84 Å². The normalized spacial score (nSPS) is 24.5. The van der Waals surface area contributed by atoms with Crippen molar-refractivity contribution >= 4 is 11.8 Å². The summed E-state index contributed by atoms with van der Waals surface area (Å²) in [5.41, 5.74) is 1.35. The highest BCUT2D eigenvalue weighted by Crippen LogP contribution is 2.53. The number of ketones is 1. The zero-order valence-electron chi connectivity index (χ0n) is 13.6. The van der Waals surface area contributed by atoms with Gasteiger partial charge in [0, 0.05) is 5.92 Å². The summed E-state index contributed by atoms with van der Waals surface area (Å²) in [5.74, 6) is -0.322. The van der Waals surface area contributed by atoms with Crippen molar-refractivity contribution in [1.82, 2.24) is 0 Å². The quantitative estimate of drug-likeness (QED) is 0.814. The van der Waals surface area contributed by atoms with Gasteiger partial charge in [-0.25, -0.2) is 4.79 Å². The van der Waals surface area contributed by atoms with Crippen LogP contribution in [0.1, 0.15) is 37.7 Å². The molecule has 0 aromatic heterocycles. The number of ether oxygens (including phenoxy) is 1. The molecule has 1 aliphatic heterocycles. The van der Waals surface area contributed by atoms with Crippen LogP contribution in [0.4, 0.5) is 0 Å². The van der Waals surface area contributed by atoms with E-state index < -0.39 is 17.9 Å². The highest BCUT2D eigenvalue weighted by molar-refractivity contribution is 6.08. The van der Waals surface area contributed by atoms with Gasteiger partial charge in [0.15, 0.2) is 11.9 Å². The Kier molecular flexibility index (Phi) is 3.91. The summed E-state index contributed by atoms with van der Waals surface area (Å²) in [6.45, 7) is 0. The minimum Gasteiger partial charge on any atom is -0.504 e. The van der Waals surface area contributed by atoms with E-state index in [-0.39, 0.29) is 17.3 Å². The van der Waals surface area contributed by atoms with Crippen molar-refractivity contribution in [3.05, 3.63) is 47.2 Å². The number of benzene rings is 1. The smallest absolute Gasteiger partial charge is 0.338 e. The fraction of sp³-hybridized carbons (Fsp3) is 0.500. The number of Topliss-reactive ketones (excluding diaryl/α,β-unsaturated/α-hetero) is 1. The van der Waals surface area contributed by atoms with Crippen LogP contribution in [-0.2, 0) is 20.7 Å². The van der Waals surface area contributed by atoms with Crippen molar-refractivity contribution in [3.63, 3.8) is 0 Å². The minimum atomic E-state index is -0.861. The first-order valence-electron chi connectivity index (χ1n) is 8.87.